The third-order valence-corrected chi connectivity index (χ3v) is 5.77. The zero-order valence-electron chi connectivity index (χ0n) is 16.9. The number of esters is 1. The number of hydrazone groups is 1. The molecule has 0 aliphatic rings. The lowest BCUT2D eigenvalue weighted by Crippen LogP contribution is -2.18. The third-order valence-electron chi connectivity index (χ3n) is 4.73. The number of nitrogens with one attached hydrogen (secondary N) is 1. The molecule has 0 spiro atoms. The molecule has 0 unspecified atom stereocenters. The smallest absolute Gasteiger partial charge is 0.344 e. The highest BCUT2D eigenvalue weighted by molar-refractivity contribution is 9.10. The van der Waals surface area contributed by atoms with Gasteiger partial charge >= 0.3 is 5.97 Å². The lowest BCUT2D eigenvalue weighted by atomic mass is 10.0. The highest BCUT2D eigenvalue weighted by Crippen LogP contribution is 2.25. The Bertz CT molecular complexity index is 1400. The molecule has 164 valence electrons. The van der Waals surface area contributed by atoms with Gasteiger partial charge in [0.1, 0.15) is 5.75 Å². The number of rotatable bonds is 5. The first-order chi connectivity index (χ1) is 15.9. The summed E-state index contributed by atoms with van der Waals surface area (Å²) < 4.78 is 6.42. The van der Waals surface area contributed by atoms with E-state index in [4.69, 9.17) is 27.9 Å². The summed E-state index contributed by atoms with van der Waals surface area (Å²) in [5.74, 6) is -0.711. The van der Waals surface area contributed by atoms with Crippen LogP contribution in [0.1, 0.15) is 26.3 Å². The van der Waals surface area contributed by atoms with Crippen molar-refractivity contribution in [3.05, 3.63) is 110 Å². The number of hydrogen-bond acceptors (Lipinski definition) is 4. The van der Waals surface area contributed by atoms with Crippen LogP contribution in [0.2, 0.25) is 10.0 Å². The number of ether oxygens (including phenoxy) is 1. The third kappa shape index (κ3) is 5.42. The molecule has 0 aromatic heterocycles. The predicted molar refractivity (Wildman–Crippen MR) is 135 cm³/mol. The number of fused-ring (bicyclic) bond motifs is 1. The maximum Gasteiger partial charge on any atom is 0.344 e. The van der Waals surface area contributed by atoms with Gasteiger partial charge in [0.15, 0.2) is 0 Å². The second-order valence-electron chi connectivity index (χ2n) is 6.92. The Morgan fingerprint density at radius 2 is 1.70 bits per heavy atom. The van der Waals surface area contributed by atoms with Crippen LogP contribution in [0.5, 0.6) is 5.75 Å². The van der Waals surface area contributed by atoms with Crippen molar-refractivity contribution in [2.24, 2.45) is 5.10 Å². The molecule has 0 heterocycles. The van der Waals surface area contributed by atoms with Crippen LogP contribution in [-0.4, -0.2) is 18.1 Å². The van der Waals surface area contributed by atoms with Crippen molar-refractivity contribution in [2.45, 2.75) is 0 Å². The fourth-order valence-corrected chi connectivity index (χ4v) is 4.04. The van der Waals surface area contributed by atoms with Crippen molar-refractivity contribution in [3.63, 3.8) is 0 Å². The molecule has 0 radical (unpaired) electrons. The zero-order chi connectivity index (χ0) is 23.4. The summed E-state index contributed by atoms with van der Waals surface area (Å²) in [5.41, 5.74) is 3.58. The molecular weight excluding hydrogens is 527 g/mol. The van der Waals surface area contributed by atoms with Gasteiger partial charge in [-0.1, -0.05) is 75.5 Å². The number of carbonyl (C=O) groups excluding carboxylic acids is 2. The van der Waals surface area contributed by atoms with E-state index in [2.05, 4.69) is 26.5 Å². The van der Waals surface area contributed by atoms with Crippen molar-refractivity contribution in [1.29, 1.82) is 0 Å². The number of hydrogen-bond donors (Lipinski definition) is 1. The van der Waals surface area contributed by atoms with Crippen LogP contribution in [0.3, 0.4) is 0 Å². The van der Waals surface area contributed by atoms with Crippen molar-refractivity contribution in [2.75, 3.05) is 0 Å². The minimum absolute atomic E-state index is 0.211. The van der Waals surface area contributed by atoms with Crippen molar-refractivity contribution in [1.82, 2.24) is 5.43 Å². The molecule has 0 atom stereocenters. The molecular formula is C25H15BrCl2N2O3. The average molecular weight is 542 g/mol. The zero-order valence-corrected chi connectivity index (χ0v) is 20.0. The van der Waals surface area contributed by atoms with E-state index in [1.807, 2.05) is 30.3 Å². The monoisotopic (exact) mass is 540 g/mol. The number of carbonyl (C=O) groups is 2. The Morgan fingerprint density at radius 1 is 0.909 bits per heavy atom. The van der Waals surface area contributed by atoms with E-state index in [1.54, 1.807) is 36.4 Å². The van der Waals surface area contributed by atoms with Gasteiger partial charge in [-0.25, -0.2) is 10.2 Å². The number of halogens is 3. The van der Waals surface area contributed by atoms with Gasteiger partial charge in [-0.05, 0) is 53.2 Å². The number of benzene rings is 4. The molecule has 0 bridgehead atoms. The second-order valence-corrected chi connectivity index (χ2v) is 8.68. The highest BCUT2D eigenvalue weighted by atomic mass is 79.9. The normalized spacial score (nSPS) is 11.0. The first kappa shape index (κ1) is 23.0. The fraction of sp³-hybridized carbons (Fsp3) is 0. The Labute approximate surface area is 208 Å². The highest BCUT2D eigenvalue weighted by Gasteiger charge is 2.15. The molecule has 4 aromatic rings. The van der Waals surface area contributed by atoms with E-state index in [0.29, 0.717) is 21.9 Å². The number of nitrogens with zero attached hydrogens (tertiary/aromatic N) is 1. The SMILES string of the molecule is O=C(N/N=C\c1cc(Br)ccc1OC(=O)c1cccc2ccccc12)c1ccc(Cl)cc1Cl. The minimum atomic E-state index is -0.503. The Hall–Kier alpha value is -3.19. The summed E-state index contributed by atoms with van der Waals surface area (Å²) >= 11 is 15.3. The molecule has 0 fully saturated rings. The molecule has 0 aliphatic heterocycles. The summed E-state index contributed by atoms with van der Waals surface area (Å²) in [7, 11) is 0. The largest absolute Gasteiger partial charge is 0.422 e. The van der Waals surface area contributed by atoms with Crippen molar-refractivity contribution < 1.29 is 14.3 Å². The molecule has 1 N–H and O–H groups in total. The summed E-state index contributed by atoms with van der Waals surface area (Å²) in [6, 6.07) is 22.7. The van der Waals surface area contributed by atoms with Crippen molar-refractivity contribution in [3.8, 4) is 5.75 Å². The van der Waals surface area contributed by atoms with Crippen LogP contribution in [0.15, 0.2) is 88.4 Å². The summed E-state index contributed by atoms with van der Waals surface area (Å²) in [5, 5.41) is 6.35. The van der Waals surface area contributed by atoms with E-state index in [1.165, 1.54) is 18.3 Å². The predicted octanol–water partition coefficient (Wildman–Crippen LogP) is 6.89. The minimum Gasteiger partial charge on any atom is -0.422 e. The van der Waals surface area contributed by atoms with E-state index in [9.17, 15) is 9.59 Å². The topological polar surface area (TPSA) is 67.8 Å². The van der Waals surface area contributed by atoms with E-state index in [-0.39, 0.29) is 10.6 Å². The van der Waals surface area contributed by atoms with Crippen molar-refractivity contribution >= 4 is 68.0 Å². The first-order valence-electron chi connectivity index (χ1n) is 9.70. The van der Waals surface area contributed by atoms with Crippen LogP contribution in [0.4, 0.5) is 0 Å². The van der Waals surface area contributed by atoms with E-state index >= 15 is 0 Å². The molecule has 0 saturated heterocycles. The molecule has 33 heavy (non-hydrogen) atoms. The van der Waals surface area contributed by atoms with E-state index in [0.717, 1.165) is 15.2 Å². The second kappa shape index (κ2) is 10.2. The molecule has 5 nitrogen and oxygen atoms in total. The summed E-state index contributed by atoms with van der Waals surface area (Å²) in [6.45, 7) is 0. The lowest BCUT2D eigenvalue weighted by molar-refractivity contribution is 0.0736. The van der Waals surface area contributed by atoms with Gasteiger partial charge in [-0.15, -0.1) is 0 Å². The standard InChI is InChI=1S/C25H15BrCl2N2O3/c26-17-8-11-23(33-25(32)20-7-3-5-15-4-1-2-6-19(15)20)16(12-17)14-29-30-24(31)21-10-9-18(27)13-22(21)28/h1-14H,(H,30,31)/b29-14-. The van der Waals surface area contributed by atoms with Gasteiger partial charge in [0.05, 0.1) is 22.4 Å². The van der Waals surface area contributed by atoms with Crippen LogP contribution in [0, 0.1) is 0 Å². The van der Waals surface area contributed by atoms with Gasteiger partial charge in [0.25, 0.3) is 5.91 Å². The quantitative estimate of drug-likeness (QED) is 0.129. The van der Waals surface area contributed by atoms with Gasteiger partial charge < -0.3 is 4.74 Å². The van der Waals surface area contributed by atoms with Gasteiger partial charge in [-0.3, -0.25) is 4.79 Å². The molecule has 4 aromatic carbocycles. The van der Waals surface area contributed by atoms with Crippen LogP contribution >= 0.6 is 39.1 Å². The Morgan fingerprint density at radius 3 is 2.52 bits per heavy atom. The molecule has 4 rings (SSSR count). The summed E-state index contributed by atoms with van der Waals surface area (Å²) in [4.78, 5) is 25.3. The van der Waals surface area contributed by atoms with Gasteiger partial charge in [0, 0.05) is 15.1 Å². The van der Waals surface area contributed by atoms with Crippen LogP contribution < -0.4 is 10.2 Å². The van der Waals surface area contributed by atoms with Crippen LogP contribution in [-0.2, 0) is 0 Å². The molecule has 8 heteroatoms. The molecule has 1 amide bonds. The Balaban J connectivity index is 1.55. The maximum absolute atomic E-state index is 12.9. The van der Waals surface area contributed by atoms with E-state index < -0.39 is 11.9 Å². The fourth-order valence-electron chi connectivity index (χ4n) is 3.17. The Kier molecular flexibility index (Phi) is 7.08. The van der Waals surface area contributed by atoms with Gasteiger partial charge in [0.2, 0.25) is 0 Å². The van der Waals surface area contributed by atoms with Crippen LogP contribution in [0.25, 0.3) is 10.8 Å². The lowest BCUT2D eigenvalue weighted by Gasteiger charge is -2.10. The average Bonchev–Trinajstić information content (AvgIpc) is 2.80. The maximum atomic E-state index is 12.9. The first-order valence-corrected chi connectivity index (χ1v) is 11.3. The number of amides is 1. The summed E-state index contributed by atoms with van der Waals surface area (Å²) in [6.07, 6.45) is 1.39. The molecule has 0 aliphatic carbocycles. The molecule has 0 saturated carbocycles. The van der Waals surface area contributed by atoms with Gasteiger partial charge in [-0.2, -0.15) is 5.10 Å².